The largest absolute Gasteiger partial charge is 0.467 e. The molecule has 1 saturated heterocycles. The number of rotatable bonds is 3. The summed E-state index contributed by atoms with van der Waals surface area (Å²) in [6, 6.07) is 20.7. The van der Waals surface area contributed by atoms with Gasteiger partial charge in [-0.2, -0.15) is 0 Å². The first kappa shape index (κ1) is 19.7. The van der Waals surface area contributed by atoms with Crippen LogP contribution in [0.5, 0.6) is 5.75 Å². The number of anilines is 1. The van der Waals surface area contributed by atoms with Gasteiger partial charge in [0.1, 0.15) is 5.75 Å². The van der Waals surface area contributed by atoms with Gasteiger partial charge < -0.3 is 4.74 Å². The maximum Gasteiger partial charge on any atom is 0.335 e. The van der Waals surface area contributed by atoms with E-state index < -0.39 is 28.6 Å². The maximum atomic E-state index is 13.8. The number of non-ortho nitro benzene ring substituents is 1. The van der Waals surface area contributed by atoms with E-state index in [9.17, 15) is 19.7 Å². The molecule has 0 spiro atoms. The van der Waals surface area contributed by atoms with Gasteiger partial charge in [0, 0.05) is 35.4 Å². The van der Waals surface area contributed by atoms with Crippen LogP contribution >= 0.6 is 0 Å². The highest BCUT2D eigenvalue weighted by atomic mass is 16.6. The Morgan fingerprint density at radius 1 is 1.06 bits per heavy atom. The number of fused-ring (bicyclic) bond motifs is 4. The van der Waals surface area contributed by atoms with Crippen LogP contribution in [-0.4, -0.2) is 27.5 Å². The molecule has 0 aliphatic carbocycles. The zero-order valence-corrected chi connectivity index (χ0v) is 17.2. The molecule has 1 fully saturated rings. The lowest BCUT2D eigenvalue weighted by Crippen LogP contribution is -2.67. The summed E-state index contributed by atoms with van der Waals surface area (Å²) >= 11 is 0. The maximum absolute atomic E-state index is 13.8. The summed E-state index contributed by atoms with van der Waals surface area (Å²) in [6.07, 6.45) is 0.352. The fraction of sp³-hybridized carbons (Fsp3) is 0.167. The monoisotopic (exact) mass is 429 g/mol. The number of urea groups is 1. The third-order valence-corrected chi connectivity index (χ3v) is 5.90. The summed E-state index contributed by atoms with van der Waals surface area (Å²) in [7, 11) is 0. The first-order valence-corrected chi connectivity index (χ1v) is 10.1. The Hall–Kier alpha value is -4.20. The number of amides is 3. The SMILES string of the molecule is C[C@@]12C[C@@H](c3ccccc3O1)N(C(=O)c1cccc([N+](=O)[O-])c1)C(=O)N2c1ccccc1. The first-order chi connectivity index (χ1) is 15.4. The normalized spacial score (nSPS) is 21.5. The van der Waals surface area contributed by atoms with E-state index in [4.69, 9.17) is 4.74 Å². The van der Waals surface area contributed by atoms with Crippen molar-refractivity contribution < 1.29 is 19.2 Å². The molecule has 0 N–H and O–H groups in total. The van der Waals surface area contributed by atoms with Gasteiger partial charge in [0.15, 0.2) is 5.72 Å². The number of carbonyl (C=O) groups is 2. The van der Waals surface area contributed by atoms with Gasteiger partial charge in [-0.15, -0.1) is 0 Å². The summed E-state index contributed by atoms with van der Waals surface area (Å²) in [5.41, 5.74) is 0.182. The van der Waals surface area contributed by atoms with Crippen molar-refractivity contribution in [2.75, 3.05) is 4.90 Å². The minimum atomic E-state index is -1.00. The van der Waals surface area contributed by atoms with E-state index in [1.807, 2.05) is 49.4 Å². The number of nitrogens with zero attached hydrogens (tertiary/aromatic N) is 3. The molecule has 2 heterocycles. The molecule has 2 aliphatic heterocycles. The van der Waals surface area contributed by atoms with Crippen molar-refractivity contribution >= 4 is 23.3 Å². The van der Waals surface area contributed by atoms with Crippen LogP contribution in [0.25, 0.3) is 0 Å². The lowest BCUT2D eigenvalue weighted by atomic mass is 9.88. The number of nitro groups is 1. The van der Waals surface area contributed by atoms with E-state index in [-0.39, 0.29) is 11.3 Å². The molecule has 0 radical (unpaired) electrons. The van der Waals surface area contributed by atoms with Crippen LogP contribution in [0.15, 0.2) is 78.9 Å². The quantitative estimate of drug-likeness (QED) is 0.435. The third-order valence-electron chi connectivity index (χ3n) is 5.90. The zero-order valence-electron chi connectivity index (χ0n) is 17.2. The molecule has 5 rings (SSSR count). The van der Waals surface area contributed by atoms with Crippen molar-refractivity contribution in [1.29, 1.82) is 0 Å². The summed E-state index contributed by atoms with van der Waals surface area (Å²) in [5.74, 6) is -0.0000856. The molecule has 8 nitrogen and oxygen atoms in total. The van der Waals surface area contributed by atoms with Crippen LogP contribution < -0.4 is 9.64 Å². The fourth-order valence-electron chi connectivity index (χ4n) is 4.49. The molecule has 8 heteroatoms. The Balaban J connectivity index is 1.66. The Labute approximate surface area is 183 Å². The molecule has 2 aliphatic rings. The van der Waals surface area contributed by atoms with Crippen LogP contribution in [0.4, 0.5) is 16.2 Å². The van der Waals surface area contributed by atoms with Gasteiger partial charge in [-0.1, -0.05) is 42.5 Å². The Bertz CT molecular complexity index is 1250. The predicted molar refractivity (Wildman–Crippen MR) is 116 cm³/mol. The van der Waals surface area contributed by atoms with Crippen molar-refractivity contribution in [3.63, 3.8) is 0 Å². The number of para-hydroxylation sites is 2. The highest BCUT2D eigenvalue weighted by Gasteiger charge is 2.55. The highest BCUT2D eigenvalue weighted by molar-refractivity contribution is 6.10. The number of benzene rings is 3. The molecule has 160 valence electrons. The molecule has 3 amide bonds. The van der Waals surface area contributed by atoms with Gasteiger partial charge in [-0.3, -0.25) is 24.7 Å². The lowest BCUT2D eigenvalue weighted by Gasteiger charge is -2.53. The first-order valence-electron chi connectivity index (χ1n) is 10.1. The van der Waals surface area contributed by atoms with E-state index in [1.54, 1.807) is 12.1 Å². The predicted octanol–water partition coefficient (Wildman–Crippen LogP) is 4.92. The van der Waals surface area contributed by atoms with Crippen LogP contribution in [-0.2, 0) is 0 Å². The molecule has 0 saturated carbocycles. The van der Waals surface area contributed by atoms with E-state index in [1.165, 1.54) is 34.1 Å². The molecular weight excluding hydrogens is 410 g/mol. The van der Waals surface area contributed by atoms with Crippen LogP contribution in [0.3, 0.4) is 0 Å². The molecule has 3 aromatic rings. The van der Waals surface area contributed by atoms with E-state index in [0.29, 0.717) is 17.9 Å². The minimum absolute atomic E-state index is 0.0770. The summed E-state index contributed by atoms with van der Waals surface area (Å²) in [4.78, 5) is 40.7. The van der Waals surface area contributed by atoms with Crippen molar-refractivity contribution in [2.45, 2.75) is 25.1 Å². The molecule has 0 unspecified atom stereocenters. The van der Waals surface area contributed by atoms with Crippen molar-refractivity contribution in [2.24, 2.45) is 0 Å². The fourth-order valence-corrected chi connectivity index (χ4v) is 4.49. The van der Waals surface area contributed by atoms with E-state index in [0.717, 1.165) is 5.56 Å². The Morgan fingerprint density at radius 3 is 2.53 bits per heavy atom. The van der Waals surface area contributed by atoms with E-state index in [2.05, 4.69) is 0 Å². The van der Waals surface area contributed by atoms with Crippen molar-refractivity contribution in [3.8, 4) is 5.75 Å². The molecule has 2 atom stereocenters. The standard InChI is InChI=1S/C24H19N3O5/c1-24-15-20(19-12-5-6-13-21(19)32-24)25(23(29)26(24)17-9-3-2-4-10-17)22(28)16-8-7-11-18(14-16)27(30)31/h2-14,20H,15H2,1H3/t20-,24-/m0/s1. The number of hydrogen-bond donors (Lipinski definition) is 0. The number of hydrogen-bond acceptors (Lipinski definition) is 5. The van der Waals surface area contributed by atoms with Gasteiger partial charge in [0.25, 0.3) is 11.6 Å². The summed E-state index contributed by atoms with van der Waals surface area (Å²) in [6.45, 7) is 1.83. The van der Waals surface area contributed by atoms with Crippen molar-refractivity contribution in [3.05, 3.63) is 100 Å². The zero-order chi connectivity index (χ0) is 22.5. The number of imide groups is 1. The average molecular weight is 429 g/mol. The van der Waals surface area contributed by atoms with Gasteiger partial charge in [0.05, 0.1) is 11.0 Å². The smallest absolute Gasteiger partial charge is 0.335 e. The highest BCUT2D eigenvalue weighted by Crippen LogP contribution is 2.49. The minimum Gasteiger partial charge on any atom is -0.467 e. The Kier molecular flexibility index (Phi) is 4.44. The molecule has 2 bridgehead atoms. The van der Waals surface area contributed by atoms with Crippen LogP contribution in [0.2, 0.25) is 0 Å². The van der Waals surface area contributed by atoms with Crippen LogP contribution in [0.1, 0.15) is 35.3 Å². The third kappa shape index (κ3) is 2.99. The van der Waals surface area contributed by atoms with Crippen molar-refractivity contribution in [1.82, 2.24) is 4.90 Å². The number of nitro benzene ring substituents is 1. The lowest BCUT2D eigenvalue weighted by molar-refractivity contribution is -0.384. The second-order valence-electron chi connectivity index (χ2n) is 7.97. The van der Waals surface area contributed by atoms with Crippen LogP contribution in [0, 0.1) is 10.1 Å². The van der Waals surface area contributed by atoms with E-state index >= 15 is 0 Å². The molecular formula is C24H19N3O5. The molecule has 3 aromatic carbocycles. The molecule has 0 aromatic heterocycles. The second kappa shape index (κ2) is 7.19. The topological polar surface area (TPSA) is 93.0 Å². The summed E-state index contributed by atoms with van der Waals surface area (Å²) in [5, 5.41) is 11.2. The average Bonchev–Trinajstić information content (AvgIpc) is 2.79. The summed E-state index contributed by atoms with van der Waals surface area (Å²) < 4.78 is 6.29. The number of ether oxygens (including phenoxy) is 1. The van der Waals surface area contributed by atoms with Gasteiger partial charge in [0.2, 0.25) is 0 Å². The van der Waals surface area contributed by atoms with Gasteiger partial charge in [-0.05, 0) is 31.2 Å². The Morgan fingerprint density at radius 2 is 1.78 bits per heavy atom. The van der Waals surface area contributed by atoms with Gasteiger partial charge in [-0.25, -0.2) is 4.79 Å². The number of carbonyl (C=O) groups excluding carboxylic acids is 2. The van der Waals surface area contributed by atoms with Gasteiger partial charge >= 0.3 is 6.03 Å². The second-order valence-corrected chi connectivity index (χ2v) is 7.97. The molecule has 32 heavy (non-hydrogen) atoms.